The average molecular weight is 535 g/mol. The van der Waals surface area contributed by atoms with E-state index in [1.54, 1.807) is 0 Å². The first-order valence-electron chi connectivity index (χ1n) is 11.6. The molecule has 0 radical (unpaired) electrons. The third-order valence-electron chi connectivity index (χ3n) is 6.58. The van der Waals surface area contributed by atoms with Gasteiger partial charge in [-0.3, -0.25) is 0 Å². The molecule has 3 heteroatoms. The van der Waals surface area contributed by atoms with Crippen LogP contribution in [0.5, 0.6) is 0 Å². The fraction of sp³-hybridized carbons (Fsp3) is 0.857. The molecule has 4 saturated carbocycles. The van der Waals surface area contributed by atoms with E-state index in [0.717, 1.165) is 23.7 Å². The first kappa shape index (κ1) is 49.8. The Morgan fingerprint density at radius 1 is 0.355 bits per heavy atom. The van der Waals surface area contributed by atoms with Crippen molar-refractivity contribution in [3.05, 3.63) is 29.7 Å². The Labute approximate surface area is 242 Å². The summed E-state index contributed by atoms with van der Waals surface area (Å²) in [6.45, 7) is 9.36. The van der Waals surface area contributed by atoms with Crippen molar-refractivity contribution in [2.45, 2.75) is 130 Å². The van der Waals surface area contributed by atoms with Gasteiger partial charge in [0.15, 0.2) is 0 Å². The van der Waals surface area contributed by atoms with E-state index < -0.39 is 0 Å². The molecular weight excluding hydrogens is 472 g/mol. The van der Waals surface area contributed by atoms with Crippen LogP contribution in [0, 0.1) is 53.4 Å². The van der Waals surface area contributed by atoms with E-state index in [9.17, 15) is 0 Å². The van der Waals surface area contributed by atoms with Gasteiger partial charge in [0.05, 0.1) is 0 Å². The van der Waals surface area contributed by atoms with Gasteiger partial charge in [0.25, 0.3) is 0 Å². The monoisotopic (exact) mass is 534 g/mol. The van der Waals surface area contributed by atoms with Crippen molar-refractivity contribution in [1.82, 2.24) is 0 Å². The molecule has 0 aromatic heterocycles. The molecule has 0 bridgehead atoms. The molecule has 0 spiro atoms. The van der Waals surface area contributed by atoms with Crippen LogP contribution in [0.4, 0.5) is 0 Å². The van der Waals surface area contributed by atoms with Gasteiger partial charge in [0, 0.05) is 0 Å². The third-order valence-corrected chi connectivity index (χ3v) is 6.58. The van der Waals surface area contributed by atoms with E-state index in [1.165, 1.54) is 103 Å². The van der Waals surface area contributed by atoms with Gasteiger partial charge in [-0.2, -0.15) is 0 Å². The van der Waals surface area contributed by atoms with Crippen LogP contribution >= 0.6 is 0 Å². The number of hydrogen-bond acceptors (Lipinski definition) is 0. The molecule has 4 fully saturated rings. The summed E-state index contributed by atoms with van der Waals surface area (Å²) in [6, 6.07) is 0. The van der Waals surface area contributed by atoms with Crippen LogP contribution < -0.4 is 0 Å². The molecule has 0 unspecified atom stereocenters. The van der Waals surface area contributed by atoms with E-state index >= 15 is 0 Å². The van der Waals surface area contributed by atoms with Crippen molar-refractivity contribution in [2.24, 2.45) is 23.7 Å². The first-order valence-corrected chi connectivity index (χ1v) is 11.6. The fourth-order valence-corrected chi connectivity index (χ4v) is 4.52. The van der Waals surface area contributed by atoms with Crippen molar-refractivity contribution >= 4 is 23.1 Å². The van der Waals surface area contributed by atoms with Crippen LogP contribution in [0.1, 0.15) is 133 Å². The van der Waals surface area contributed by atoms with E-state index in [2.05, 4.69) is 27.7 Å². The molecule has 0 N–H and O–H groups in total. The minimum Gasteiger partial charge on any atom is -1.00 e. The topological polar surface area (TPSA) is 0 Å². The van der Waals surface area contributed by atoms with Crippen LogP contribution in [0.15, 0.2) is 0 Å². The SMILES string of the molecule is CC1CCCC1.CC1CCCC1.CC1CCCC1.CC1CCCC1.[CH3-].[CH3-].[CH3-].[CH3-].[Fe+2].[Fe+2].[H-].[H-].[Mg+2]. The first-order chi connectivity index (χ1) is 11.6. The molecule has 0 saturated heterocycles. The van der Waals surface area contributed by atoms with E-state index in [-0.39, 0.29) is 89.8 Å². The largest absolute Gasteiger partial charge is 2.00 e. The van der Waals surface area contributed by atoms with Crippen LogP contribution in [-0.2, 0) is 34.1 Å². The molecule has 0 atom stereocenters. The maximum Gasteiger partial charge on any atom is 2.00 e. The van der Waals surface area contributed by atoms with Crippen molar-refractivity contribution < 1.29 is 37.0 Å². The second-order valence-electron chi connectivity index (χ2n) is 9.56. The van der Waals surface area contributed by atoms with Crippen molar-refractivity contribution in [3.63, 3.8) is 0 Å². The van der Waals surface area contributed by atoms with Gasteiger partial charge < -0.3 is 32.6 Å². The van der Waals surface area contributed by atoms with Crippen LogP contribution in [0.2, 0.25) is 0 Å². The standard InChI is InChI=1S/4C6H12.4CH3.2Fe.Mg.2H/c4*1-6-4-2-3-5-6;;;;;;;;;/h4*6H,2-5H2,1H3;4*1H3;;;;;/q;;;;4*-1;3*+2;2*-1. The fourth-order valence-electron chi connectivity index (χ4n) is 4.52. The third kappa shape index (κ3) is 31.8. The summed E-state index contributed by atoms with van der Waals surface area (Å²) in [5, 5.41) is 0. The summed E-state index contributed by atoms with van der Waals surface area (Å²) in [5.41, 5.74) is 0. The molecule has 0 aliphatic heterocycles. The van der Waals surface area contributed by atoms with Crippen molar-refractivity contribution in [3.8, 4) is 0 Å². The minimum atomic E-state index is 0. The second kappa shape index (κ2) is 34.0. The maximum absolute atomic E-state index is 2.34. The van der Waals surface area contributed by atoms with Crippen molar-refractivity contribution in [2.75, 3.05) is 0 Å². The number of rotatable bonds is 0. The predicted molar refractivity (Wildman–Crippen MR) is 144 cm³/mol. The molecule has 0 heterocycles. The van der Waals surface area contributed by atoms with Gasteiger partial charge in [-0.25, -0.2) is 0 Å². The Balaban J connectivity index is -0.0000000305. The summed E-state index contributed by atoms with van der Waals surface area (Å²) in [5.74, 6) is 4.19. The Kier molecular flexibility index (Phi) is 54.6. The molecule has 31 heavy (non-hydrogen) atoms. The smallest absolute Gasteiger partial charge is 1.00 e. The van der Waals surface area contributed by atoms with Gasteiger partial charge in [0.2, 0.25) is 0 Å². The van der Waals surface area contributed by atoms with Crippen molar-refractivity contribution in [1.29, 1.82) is 0 Å². The molecule has 0 amide bonds. The summed E-state index contributed by atoms with van der Waals surface area (Å²) in [4.78, 5) is 0. The van der Waals surface area contributed by atoms with E-state index in [1.807, 2.05) is 0 Å². The Hall–Kier alpha value is 1.81. The average Bonchev–Trinajstić information content (AvgIpc) is 3.31. The van der Waals surface area contributed by atoms with Crippen LogP contribution in [-0.4, -0.2) is 23.1 Å². The van der Waals surface area contributed by atoms with Crippen LogP contribution in [0.3, 0.4) is 0 Å². The Morgan fingerprint density at radius 2 is 0.452 bits per heavy atom. The molecule has 4 aliphatic rings. The summed E-state index contributed by atoms with van der Waals surface area (Å²) in [7, 11) is 0. The maximum atomic E-state index is 2.34. The molecule has 0 aromatic rings. The van der Waals surface area contributed by atoms with E-state index in [4.69, 9.17) is 0 Å². The zero-order valence-corrected chi connectivity index (χ0v) is 26.7. The van der Waals surface area contributed by atoms with Gasteiger partial charge in [-0.1, -0.05) is 130 Å². The number of hydrogen-bond donors (Lipinski definition) is 0. The second-order valence-corrected chi connectivity index (χ2v) is 9.56. The molecule has 4 aliphatic carbocycles. The minimum absolute atomic E-state index is 0. The van der Waals surface area contributed by atoms with Crippen LogP contribution in [0.25, 0.3) is 0 Å². The zero-order chi connectivity index (χ0) is 17.6. The summed E-state index contributed by atoms with van der Waals surface area (Å²) in [6.07, 6.45) is 23.8. The van der Waals surface area contributed by atoms with Gasteiger partial charge in [-0.05, 0) is 23.7 Å². The molecule has 192 valence electrons. The summed E-state index contributed by atoms with van der Waals surface area (Å²) >= 11 is 0. The molecule has 0 aromatic carbocycles. The molecule has 4 rings (SSSR count). The van der Waals surface area contributed by atoms with Gasteiger partial charge in [-0.15, -0.1) is 0 Å². The van der Waals surface area contributed by atoms with E-state index in [0.29, 0.717) is 0 Å². The quantitative estimate of drug-likeness (QED) is 0.214. The predicted octanol–water partition coefficient (Wildman–Crippen LogP) is 10.4. The van der Waals surface area contributed by atoms with Gasteiger partial charge in [0.1, 0.15) is 0 Å². The molecular formula is C28H62Fe2Mg. The Bertz CT molecular complexity index is 217. The summed E-state index contributed by atoms with van der Waals surface area (Å²) < 4.78 is 0. The normalized spacial score (nSPS) is 19.7. The Morgan fingerprint density at radius 3 is 0.484 bits per heavy atom. The van der Waals surface area contributed by atoms with Gasteiger partial charge >= 0.3 is 57.2 Å². The zero-order valence-electron chi connectivity index (χ0n) is 25.0. The molecule has 0 nitrogen and oxygen atoms in total.